The molecule has 0 bridgehead atoms. The van der Waals surface area contributed by atoms with Crippen LogP contribution in [0, 0.1) is 6.92 Å². The van der Waals surface area contributed by atoms with Crippen LogP contribution in [0.5, 0.6) is 0 Å². The number of hydrogen-bond donors (Lipinski definition) is 1. The van der Waals surface area contributed by atoms with E-state index in [4.69, 9.17) is 5.73 Å². The van der Waals surface area contributed by atoms with Crippen molar-refractivity contribution in [1.29, 1.82) is 0 Å². The summed E-state index contributed by atoms with van der Waals surface area (Å²) in [5.74, 6) is 0.340. The predicted octanol–water partition coefficient (Wildman–Crippen LogP) is 2.41. The molecule has 2 rings (SSSR count). The van der Waals surface area contributed by atoms with E-state index in [0.717, 1.165) is 21.7 Å². The van der Waals surface area contributed by atoms with Gasteiger partial charge in [0.05, 0.1) is 16.6 Å². The summed E-state index contributed by atoms with van der Waals surface area (Å²) in [6.45, 7) is 6.24. The van der Waals surface area contributed by atoms with Gasteiger partial charge in [-0.15, -0.1) is 5.10 Å². The molecule has 1 unspecified atom stereocenters. The lowest BCUT2D eigenvalue weighted by Crippen LogP contribution is -2.14. The average Bonchev–Trinajstić information content (AvgIpc) is 2.77. The van der Waals surface area contributed by atoms with Gasteiger partial charge >= 0.3 is 0 Å². The van der Waals surface area contributed by atoms with Crippen molar-refractivity contribution in [3.05, 3.63) is 40.2 Å². The van der Waals surface area contributed by atoms with E-state index in [0.29, 0.717) is 5.92 Å². The van der Waals surface area contributed by atoms with Gasteiger partial charge < -0.3 is 5.73 Å². The average molecular weight is 248 g/mol. The number of hydrogen-bond acceptors (Lipinski definition) is 5. The molecule has 17 heavy (non-hydrogen) atoms. The third-order valence-corrected chi connectivity index (χ3v) is 3.61. The maximum atomic E-state index is 6.29. The number of nitrogens with zero attached hydrogens (tertiary/aromatic N) is 3. The van der Waals surface area contributed by atoms with Crippen molar-refractivity contribution in [2.24, 2.45) is 5.73 Å². The minimum Gasteiger partial charge on any atom is -0.319 e. The Hall–Kier alpha value is -1.33. The van der Waals surface area contributed by atoms with Gasteiger partial charge in [0.25, 0.3) is 0 Å². The van der Waals surface area contributed by atoms with Crippen molar-refractivity contribution in [2.45, 2.75) is 32.7 Å². The molecular weight excluding hydrogens is 232 g/mol. The second-order valence-corrected chi connectivity index (χ2v) is 5.17. The molecule has 0 radical (unpaired) electrons. The van der Waals surface area contributed by atoms with E-state index in [1.54, 1.807) is 6.20 Å². The molecule has 0 aliphatic carbocycles. The van der Waals surface area contributed by atoms with E-state index in [9.17, 15) is 0 Å². The molecule has 0 fully saturated rings. The van der Waals surface area contributed by atoms with Gasteiger partial charge in [-0.1, -0.05) is 18.3 Å². The third-order valence-electron chi connectivity index (χ3n) is 2.78. The quantitative estimate of drug-likeness (QED) is 0.906. The molecule has 0 amide bonds. The van der Waals surface area contributed by atoms with Gasteiger partial charge in [-0.2, -0.15) is 0 Å². The van der Waals surface area contributed by atoms with E-state index in [1.807, 2.05) is 19.2 Å². The summed E-state index contributed by atoms with van der Waals surface area (Å²) in [4.78, 5) is 5.17. The Labute approximate surface area is 105 Å². The molecule has 0 spiro atoms. The molecule has 2 heterocycles. The Balaban J connectivity index is 2.41. The standard InChI is InChI=1S/C12H16N4S/c1-7(2)11-12(17-16-15-11)10(13)9-6-14-5-4-8(9)3/h4-7,10H,13H2,1-3H3. The molecular formula is C12H16N4S. The van der Waals surface area contributed by atoms with Gasteiger partial charge in [0.1, 0.15) is 0 Å². The summed E-state index contributed by atoms with van der Waals surface area (Å²) in [5, 5.41) is 4.16. The predicted molar refractivity (Wildman–Crippen MR) is 69.0 cm³/mol. The summed E-state index contributed by atoms with van der Waals surface area (Å²) < 4.78 is 4.01. The van der Waals surface area contributed by atoms with E-state index >= 15 is 0 Å². The first-order chi connectivity index (χ1) is 8.11. The number of pyridine rings is 1. The van der Waals surface area contributed by atoms with Crippen LogP contribution in [0.4, 0.5) is 0 Å². The Kier molecular flexibility index (Phi) is 3.49. The van der Waals surface area contributed by atoms with Crippen molar-refractivity contribution >= 4 is 11.5 Å². The highest BCUT2D eigenvalue weighted by molar-refractivity contribution is 7.05. The van der Waals surface area contributed by atoms with Crippen LogP contribution in [0.15, 0.2) is 18.5 Å². The fourth-order valence-electron chi connectivity index (χ4n) is 1.76. The summed E-state index contributed by atoms with van der Waals surface area (Å²) >= 11 is 1.38. The lowest BCUT2D eigenvalue weighted by atomic mass is 9.99. The van der Waals surface area contributed by atoms with Crippen LogP contribution in [0.3, 0.4) is 0 Å². The molecule has 0 saturated carbocycles. The normalized spacial score (nSPS) is 13.0. The van der Waals surface area contributed by atoms with Crippen LogP contribution < -0.4 is 5.73 Å². The topological polar surface area (TPSA) is 64.7 Å². The lowest BCUT2D eigenvalue weighted by molar-refractivity contribution is 0.767. The minimum atomic E-state index is -0.180. The van der Waals surface area contributed by atoms with Gasteiger partial charge in [-0.05, 0) is 41.6 Å². The zero-order valence-corrected chi connectivity index (χ0v) is 11.0. The number of nitrogens with two attached hydrogens (primary N) is 1. The second-order valence-electron chi connectivity index (χ2n) is 4.39. The smallest absolute Gasteiger partial charge is 0.0832 e. The van der Waals surface area contributed by atoms with Crippen molar-refractivity contribution in [3.63, 3.8) is 0 Å². The van der Waals surface area contributed by atoms with Crippen molar-refractivity contribution in [3.8, 4) is 0 Å². The van der Waals surface area contributed by atoms with Crippen LogP contribution in [-0.4, -0.2) is 14.6 Å². The fourth-order valence-corrected chi connectivity index (χ4v) is 2.59. The molecule has 0 saturated heterocycles. The lowest BCUT2D eigenvalue weighted by Gasteiger charge is -2.14. The fraction of sp³-hybridized carbons (Fsp3) is 0.417. The minimum absolute atomic E-state index is 0.180. The van der Waals surface area contributed by atoms with Gasteiger partial charge in [-0.25, -0.2) is 0 Å². The summed E-state index contributed by atoms with van der Waals surface area (Å²) in [6, 6.07) is 1.79. The van der Waals surface area contributed by atoms with Gasteiger partial charge in [-0.3, -0.25) is 4.98 Å². The highest BCUT2D eigenvalue weighted by atomic mass is 32.1. The van der Waals surface area contributed by atoms with Crippen molar-refractivity contribution in [2.75, 3.05) is 0 Å². The molecule has 2 aromatic heterocycles. The second kappa shape index (κ2) is 4.89. The van der Waals surface area contributed by atoms with Gasteiger partial charge in [0.2, 0.25) is 0 Å². The van der Waals surface area contributed by atoms with E-state index < -0.39 is 0 Å². The molecule has 5 heteroatoms. The first kappa shape index (κ1) is 12.1. The maximum Gasteiger partial charge on any atom is 0.0832 e. The number of aromatic nitrogens is 3. The van der Waals surface area contributed by atoms with E-state index in [2.05, 4.69) is 28.4 Å². The van der Waals surface area contributed by atoms with Crippen LogP contribution in [0.25, 0.3) is 0 Å². The first-order valence-electron chi connectivity index (χ1n) is 5.59. The SMILES string of the molecule is Cc1ccncc1C(N)c1snnc1C(C)C. The van der Waals surface area contributed by atoms with Crippen molar-refractivity contribution in [1.82, 2.24) is 14.6 Å². The number of aryl methyl sites for hydroxylation is 1. The summed E-state index contributed by atoms with van der Waals surface area (Å²) in [7, 11) is 0. The molecule has 0 aromatic carbocycles. The largest absolute Gasteiger partial charge is 0.319 e. The molecule has 4 nitrogen and oxygen atoms in total. The van der Waals surface area contributed by atoms with E-state index in [-0.39, 0.29) is 6.04 Å². The van der Waals surface area contributed by atoms with Crippen LogP contribution >= 0.6 is 11.5 Å². The number of rotatable bonds is 3. The first-order valence-corrected chi connectivity index (χ1v) is 6.36. The zero-order valence-electron chi connectivity index (χ0n) is 10.2. The summed E-state index contributed by atoms with van der Waals surface area (Å²) in [6.07, 6.45) is 3.60. The van der Waals surface area contributed by atoms with Crippen LogP contribution in [0.2, 0.25) is 0 Å². The molecule has 0 aliphatic heterocycles. The molecule has 1 atom stereocenters. The van der Waals surface area contributed by atoms with Gasteiger partial charge in [0.15, 0.2) is 0 Å². The van der Waals surface area contributed by atoms with E-state index in [1.165, 1.54) is 11.5 Å². The maximum absolute atomic E-state index is 6.29. The summed E-state index contributed by atoms with van der Waals surface area (Å²) in [5.41, 5.74) is 9.47. The molecule has 2 aromatic rings. The Morgan fingerprint density at radius 1 is 1.35 bits per heavy atom. The zero-order chi connectivity index (χ0) is 12.4. The molecule has 0 aliphatic rings. The highest BCUT2D eigenvalue weighted by Gasteiger charge is 2.20. The van der Waals surface area contributed by atoms with Crippen LogP contribution in [-0.2, 0) is 0 Å². The molecule has 2 N–H and O–H groups in total. The van der Waals surface area contributed by atoms with Crippen LogP contribution in [0.1, 0.15) is 47.5 Å². The third kappa shape index (κ3) is 2.35. The van der Waals surface area contributed by atoms with Crippen molar-refractivity contribution < 1.29 is 0 Å². The van der Waals surface area contributed by atoms with Gasteiger partial charge in [0, 0.05) is 12.4 Å². The Morgan fingerprint density at radius 2 is 2.12 bits per heavy atom. The Morgan fingerprint density at radius 3 is 2.76 bits per heavy atom. The molecule has 90 valence electrons. The Bertz CT molecular complexity index is 507. The highest BCUT2D eigenvalue weighted by Crippen LogP contribution is 2.29. The monoisotopic (exact) mass is 248 g/mol.